The van der Waals surface area contributed by atoms with E-state index in [2.05, 4.69) is 24.3 Å². The Balaban J connectivity index is 1.52. The zero-order valence-corrected chi connectivity index (χ0v) is 19.0. The van der Waals surface area contributed by atoms with Crippen LogP contribution in [0.1, 0.15) is 41.2 Å². The van der Waals surface area contributed by atoms with Gasteiger partial charge in [0.25, 0.3) is 0 Å². The van der Waals surface area contributed by atoms with Crippen molar-refractivity contribution >= 4 is 16.9 Å². The molecule has 3 aromatic carbocycles. The molecule has 174 valence electrons. The predicted octanol–water partition coefficient (Wildman–Crippen LogP) is 5.65. The number of methoxy groups -OCH3 is 1. The Kier molecular flexibility index (Phi) is 5.99. The Hall–Kier alpha value is -3.77. The van der Waals surface area contributed by atoms with Gasteiger partial charge in [-0.15, -0.1) is 0 Å². The number of hydrogen-bond donors (Lipinski definition) is 2. The van der Waals surface area contributed by atoms with Crippen molar-refractivity contribution in [2.75, 3.05) is 7.11 Å². The molecular formula is C28H27NO5. The molecule has 1 heterocycles. The molecule has 34 heavy (non-hydrogen) atoms. The van der Waals surface area contributed by atoms with E-state index >= 15 is 0 Å². The van der Waals surface area contributed by atoms with E-state index in [4.69, 9.17) is 19.6 Å². The van der Waals surface area contributed by atoms with Gasteiger partial charge in [0.05, 0.1) is 13.5 Å². The average molecular weight is 458 g/mol. The van der Waals surface area contributed by atoms with E-state index in [-0.39, 0.29) is 13.0 Å². The molecule has 1 aliphatic carbocycles. The maximum Gasteiger partial charge on any atom is 0.307 e. The summed E-state index contributed by atoms with van der Waals surface area (Å²) in [7, 11) is 1.58. The van der Waals surface area contributed by atoms with Crippen molar-refractivity contribution in [3.05, 3.63) is 83.1 Å². The molecule has 1 aliphatic rings. The molecular weight excluding hydrogens is 430 g/mol. The van der Waals surface area contributed by atoms with Crippen LogP contribution in [0.4, 0.5) is 0 Å². The summed E-state index contributed by atoms with van der Waals surface area (Å²) in [5.74, 6) is 1.58. The maximum atomic E-state index is 11.3. The van der Waals surface area contributed by atoms with Crippen molar-refractivity contribution in [2.45, 2.75) is 38.3 Å². The Morgan fingerprint density at radius 2 is 1.91 bits per heavy atom. The minimum atomic E-state index is -0.910. The number of benzene rings is 3. The summed E-state index contributed by atoms with van der Waals surface area (Å²) in [6.45, 7) is 0.775. The van der Waals surface area contributed by atoms with Gasteiger partial charge in [0.1, 0.15) is 29.4 Å². The highest BCUT2D eigenvalue weighted by Crippen LogP contribution is 2.46. The number of ether oxygens (including phenoxy) is 2. The number of aliphatic carboxylic acids is 1. The maximum absolute atomic E-state index is 11.3. The fourth-order valence-electron chi connectivity index (χ4n) is 4.30. The molecule has 5 rings (SSSR count). The Labute approximate surface area is 197 Å². The number of carbonyl (C=O) groups is 1. The van der Waals surface area contributed by atoms with Gasteiger partial charge in [-0.2, -0.15) is 0 Å². The molecule has 0 radical (unpaired) electrons. The van der Waals surface area contributed by atoms with E-state index in [1.54, 1.807) is 25.3 Å². The molecule has 1 aromatic heterocycles. The van der Waals surface area contributed by atoms with Crippen LogP contribution in [0.2, 0.25) is 0 Å². The fraction of sp³-hybridized carbons (Fsp3) is 0.250. The molecule has 0 bridgehead atoms. The van der Waals surface area contributed by atoms with Crippen LogP contribution in [-0.4, -0.2) is 18.2 Å². The van der Waals surface area contributed by atoms with Gasteiger partial charge in [-0.3, -0.25) is 4.79 Å². The molecule has 3 N–H and O–H groups in total. The molecule has 6 nitrogen and oxygen atoms in total. The molecule has 6 heteroatoms. The zero-order valence-electron chi connectivity index (χ0n) is 19.0. The lowest BCUT2D eigenvalue weighted by molar-refractivity contribution is -0.136. The van der Waals surface area contributed by atoms with Crippen LogP contribution in [-0.2, 0) is 24.4 Å². The monoisotopic (exact) mass is 457 g/mol. The van der Waals surface area contributed by atoms with Crippen LogP contribution in [0, 0.1) is 0 Å². The van der Waals surface area contributed by atoms with Crippen LogP contribution >= 0.6 is 0 Å². The summed E-state index contributed by atoms with van der Waals surface area (Å²) in [5, 5.41) is 10.3. The van der Waals surface area contributed by atoms with E-state index in [9.17, 15) is 9.90 Å². The van der Waals surface area contributed by atoms with E-state index in [0.29, 0.717) is 29.5 Å². The average Bonchev–Trinajstić information content (AvgIpc) is 3.64. The number of fused-ring (bicyclic) bond motifs is 1. The summed E-state index contributed by atoms with van der Waals surface area (Å²) in [6.07, 6.45) is 2.08. The number of rotatable bonds is 9. The molecule has 0 spiro atoms. The first kappa shape index (κ1) is 22.0. The first-order valence-corrected chi connectivity index (χ1v) is 11.4. The van der Waals surface area contributed by atoms with Gasteiger partial charge in [0, 0.05) is 35.0 Å². The first-order chi connectivity index (χ1) is 16.6. The first-order valence-electron chi connectivity index (χ1n) is 11.4. The van der Waals surface area contributed by atoms with Gasteiger partial charge in [-0.25, -0.2) is 0 Å². The number of carboxylic acids is 1. The second-order valence-corrected chi connectivity index (χ2v) is 8.67. The summed E-state index contributed by atoms with van der Waals surface area (Å²) >= 11 is 0. The largest absolute Gasteiger partial charge is 0.497 e. The van der Waals surface area contributed by atoms with Gasteiger partial charge in [0.15, 0.2) is 0 Å². The highest BCUT2D eigenvalue weighted by molar-refractivity contribution is 5.87. The molecule has 1 saturated carbocycles. The van der Waals surface area contributed by atoms with Gasteiger partial charge >= 0.3 is 5.97 Å². The molecule has 0 unspecified atom stereocenters. The SMILES string of the molecule is COc1ccc(CC(=O)O)c(OCc2c(C3CC3)oc3ccc(-c4cccc(CN)c4)cc23)c1. The summed E-state index contributed by atoms with van der Waals surface area (Å²) in [6, 6.07) is 19.7. The number of carboxylic acid groups (broad SMARTS) is 1. The van der Waals surface area contributed by atoms with Crippen molar-refractivity contribution in [1.29, 1.82) is 0 Å². The second kappa shape index (κ2) is 9.23. The molecule has 0 saturated heterocycles. The van der Waals surface area contributed by atoms with Crippen LogP contribution in [0.5, 0.6) is 11.5 Å². The molecule has 1 fully saturated rings. The van der Waals surface area contributed by atoms with Crippen molar-refractivity contribution in [3.8, 4) is 22.6 Å². The van der Waals surface area contributed by atoms with Gasteiger partial charge in [-0.05, 0) is 53.8 Å². The van der Waals surface area contributed by atoms with E-state index in [1.165, 1.54) is 0 Å². The third-order valence-corrected chi connectivity index (χ3v) is 6.25. The number of hydrogen-bond acceptors (Lipinski definition) is 5. The third-order valence-electron chi connectivity index (χ3n) is 6.25. The van der Waals surface area contributed by atoms with Crippen molar-refractivity contribution in [1.82, 2.24) is 0 Å². The Morgan fingerprint density at radius 3 is 2.65 bits per heavy atom. The lowest BCUT2D eigenvalue weighted by atomic mass is 10.00. The zero-order chi connectivity index (χ0) is 23.7. The summed E-state index contributed by atoms with van der Waals surface area (Å²) in [4.78, 5) is 11.3. The van der Waals surface area contributed by atoms with Gasteiger partial charge < -0.3 is 24.7 Å². The quantitative estimate of drug-likeness (QED) is 0.337. The summed E-state index contributed by atoms with van der Waals surface area (Å²) < 4.78 is 17.8. The Bertz CT molecular complexity index is 1350. The molecule has 0 atom stereocenters. The van der Waals surface area contributed by atoms with Gasteiger partial charge in [0.2, 0.25) is 0 Å². The smallest absolute Gasteiger partial charge is 0.307 e. The molecule has 4 aromatic rings. The number of furan rings is 1. The molecule has 0 aliphatic heterocycles. The predicted molar refractivity (Wildman–Crippen MR) is 130 cm³/mol. The minimum absolute atomic E-state index is 0.122. The Morgan fingerprint density at radius 1 is 1.09 bits per heavy atom. The van der Waals surface area contributed by atoms with Gasteiger partial charge in [-0.1, -0.05) is 30.3 Å². The van der Waals surface area contributed by atoms with Crippen molar-refractivity contribution < 1.29 is 23.8 Å². The minimum Gasteiger partial charge on any atom is -0.497 e. The topological polar surface area (TPSA) is 94.9 Å². The van der Waals surface area contributed by atoms with E-state index in [0.717, 1.165) is 51.8 Å². The molecule has 0 amide bonds. The van der Waals surface area contributed by atoms with Crippen molar-refractivity contribution in [3.63, 3.8) is 0 Å². The second-order valence-electron chi connectivity index (χ2n) is 8.67. The highest BCUT2D eigenvalue weighted by Gasteiger charge is 2.31. The number of nitrogens with two attached hydrogens (primary N) is 1. The normalized spacial score (nSPS) is 13.2. The van der Waals surface area contributed by atoms with Crippen LogP contribution in [0.25, 0.3) is 22.1 Å². The van der Waals surface area contributed by atoms with Crippen LogP contribution in [0.15, 0.2) is 65.1 Å². The van der Waals surface area contributed by atoms with E-state index < -0.39 is 5.97 Å². The highest BCUT2D eigenvalue weighted by atomic mass is 16.5. The standard InChI is InChI=1S/C28H27NO5/c1-32-22-9-7-21(13-27(30)31)26(14-22)33-16-24-23-12-20(19-4-2-3-17(11-19)15-29)8-10-25(23)34-28(24)18-5-6-18/h2-4,7-12,14,18H,5-6,13,15-16,29H2,1H3,(H,30,31). The third kappa shape index (κ3) is 4.50. The van der Waals surface area contributed by atoms with E-state index in [1.807, 2.05) is 18.2 Å². The van der Waals surface area contributed by atoms with Crippen LogP contribution < -0.4 is 15.2 Å². The fourth-order valence-corrected chi connectivity index (χ4v) is 4.30. The van der Waals surface area contributed by atoms with Crippen LogP contribution in [0.3, 0.4) is 0 Å². The lowest BCUT2D eigenvalue weighted by Crippen LogP contribution is -2.05. The van der Waals surface area contributed by atoms with Crippen molar-refractivity contribution in [2.24, 2.45) is 5.73 Å². The lowest BCUT2D eigenvalue weighted by Gasteiger charge is -2.13. The summed E-state index contributed by atoms with van der Waals surface area (Å²) in [5.41, 5.74) is 11.5.